The first-order chi connectivity index (χ1) is 12.7. The number of rotatable bonds is 4. The van der Waals surface area contributed by atoms with Crippen molar-refractivity contribution >= 4 is 23.0 Å². The van der Waals surface area contributed by atoms with E-state index in [1.54, 1.807) is 17.4 Å². The number of fused-ring (bicyclic) bond motifs is 3. The molecule has 1 saturated carbocycles. The number of hydrogen-bond donors (Lipinski definition) is 0. The second kappa shape index (κ2) is 5.92. The van der Waals surface area contributed by atoms with E-state index in [2.05, 4.69) is 11.4 Å². The number of thiophene rings is 1. The summed E-state index contributed by atoms with van der Waals surface area (Å²) in [6.07, 6.45) is 2.12. The Morgan fingerprint density at radius 3 is 2.50 bits per heavy atom. The van der Waals surface area contributed by atoms with Gasteiger partial charge >= 0.3 is 0 Å². The minimum absolute atomic E-state index is 0.0149. The van der Waals surface area contributed by atoms with Crippen LogP contribution in [0.2, 0.25) is 0 Å². The summed E-state index contributed by atoms with van der Waals surface area (Å²) in [6, 6.07) is 15.6. The Morgan fingerprint density at radius 2 is 1.77 bits per heavy atom. The smallest absolute Gasteiger partial charge is 0.254 e. The zero-order valence-corrected chi connectivity index (χ0v) is 15.0. The third-order valence-corrected chi connectivity index (χ3v) is 5.89. The average molecular weight is 359 g/mol. The van der Waals surface area contributed by atoms with Gasteiger partial charge in [-0.25, -0.2) is 0 Å². The topological polar surface area (TPSA) is 37.4 Å². The highest BCUT2D eigenvalue weighted by atomic mass is 32.1. The van der Waals surface area contributed by atoms with Crippen molar-refractivity contribution in [1.82, 2.24) is 4.90 Å². The number of amides is 1. The lowest BCUT2D eigenvalue weighted by atomic mass is 10.0. The van der Waals surface area contributed by atoms with E-state index in [4.69, 9.17) is 0 Å². The molecule has 2 aliphatic rings. The lowest BCUT2D eigenvalue weighted by Gasteiger charge is -2.22. The van der Waals surface area contributed by atoms with Gasteiger partial charge in [-0.05, 0) is 58.5 Å². The molecule has 3 aromatic rings. The van der Waals surface area contributed by atoms with Gasteiger partial charge < -0.3 is 4.90 Å². The van der Waals surface area contributed by atoms with Crippen LogP contribution >= 0.6 is 11.3 Å². The monoisotopic (exact) mass is 359 g/mol. The maximum atomic E-state index is 13.2. The van der Waals surface area contributed by atoms with Gasteiger partial charge in [-0.2, -0.15) is 11.3 Å². The van der Waals surface area contributed by atoms with Gasteiger partial charge in [-0.15, -0.1) is 0 Å². The van der Waals surface area contributed by atoms with Crippen LogP contribution in [0.4, 0.5) is 0 Å². The molecular formula is C22H17NO2S. The van der Waals surface area contributed by atoms with Crippen molar-refractivity contribution < 1.29 is 9.59 Å². The van der Waals surface area contributed by atoms with Crippen molar-refractivity contribution in [2.75, 3.05) is 0 Å². The van der Waals surface area contributed by atoms with Crippen molar-refractivity contribution in [1.29, 1.82) is 0 Å². The van der Waals surface area contributed by atoms with Gasteiger partial charge in [0.15, 0.2) is 5.78 Å². The quantitative estimate of drug-likeness (QED) is 0.527. The van der Waals surface area contributed by atoms with Crippen molar-refractivity contribution in [2.45, 2.75) is 25.4 Å². The molecule has 1 amide bonds. The van der Waals surface area contributed by atoms with Crippen LogP contribution in [0.1, 0.15) is 44.7 Å². The fourth-order valence-corrected chi connectivity index (χ4v) is 4.32. The lowest BCUT2D eigenvalue weighted by Crippen LogP contribution is -2.32. The van der Waals surface area contributed by atoms with E-state index in [0.717, 1.165) is 29.5 Å². The number of hydrogen-bond acceptors (Lipinski definition) is 3. The number of benzene rings is 2. The molecular weight excluding hydrogens is 342 g/mol. The Kier molecular flexibility index (Phi) is 3.54. The van der Waals surface area contributed by atoms with E-state index in [9.17, 15) is 9.59 Å². The fraction of sp³-hybridized carbons (Fsp3) is 0.182. The van der Waals surface area contributed by atoms with E-state index >= 15 is 0 Å². The molecule has 0 bridgehead atoms. The van der Waals surface area contributed by atoms with Gasteiger partial charge in [-0.1, -0.05) is 30.3 Å². The van der Waals surface area contributed by atoms with E-state index in [1.165, 1.54) is 5.56 Å². The van der Waals surface area contributed by atoms with Crippen molar-refractivity contribution in [3.05, 3.63) is 81.5 Å². The second-order valence-electron chi connectivity index (χ2n) is 6.93. The minimum atomic E-state index is 0.0149. The molecule has 3 nitrogen and oxygen atoms in total. The van der Waals surface area contributed by atoms with Gasteiger partial charge in [-0.3, -0.25) is 9.59 Å². The Bertz CT molecular complexity index is 1020. The highest BCUT2D eigenvalue weighted by Crippen LogP contribution is 2.37. The summed E-state index contributed by atoms with van der Waals surface area (Å²) >= 11 is 1.65. The number of carbonyl (C=O) groups excluding carboxylic acids is 2. The van der Waals surface area contributed by atoms with E-state index in [-0.39, 0.29) is 11.7 Å². The standard InChI is InChI=1S/C22H17NO2S/c24-21-19-4-2-1-3-17(19)18-8-5-15(11-20(18)21)22(25)23(16-6-7-16)12-14-9-10-26-13-14/h1-5,8-11,13,16H,6-7,12H2. The maximum Gasteiger partial charge on any atom is 0.254 e. The fourth-order valence-electron chi connectivity index (χ4n) is 3.66. The molecule has 128 valence electrons. The third-order valence-electron chi connectivity index (χ3n) is 5.15. The summed E-state index contributed by atoms with van der Waals surface area (Å²) in [6.45, 7) is 0.637. The SMILES string of the molecule is O=C1c2ccccc2-c2ccc(C(=O)N(Cc3ccsc3)C3CC3)cc21. The molecule has 0 spiro atoms. The molecule has 0 saturated heterocycles. The zero-order valence-electron chi connectivity index (χ0n) is 14.1. The van der Waals surface area contributed by atoms with Gasteiger partial charge in [0.25, 0.3) is 5.91 Å². The second-order valence-corrected chi connectivity index (χ2v) is 7.71. The van der Waals surface area contributed by atoms with Crippen LogP contribution in [0, 0.1) is 0 Å². The molecule has 2 aliphatic carbocycles. The summed E-state index contributed by atoms with van der Waals surface area (Å²) in [5, 5.41) is 4.13. The average Bonchev–Trinajstić information content (AvgIpc) is 3.32. The van der Waals surface area contributed by atoms with Gasteiger partial charge in [0, 0.05) is 29.3 Å². The van der Waals surface area contributed by atoms with Crippen molar-refractivity contribution in [2.24, 2.45) is 0 Å². The third kappa shape index (κ3) is 2.49. The number of ketones is 1. The summed E-state index contributed by atoms with van der Waals surface area (Å²) < 4.78 is 0. The largest absolute Gasteiger partial charge is 0.331 e. The minimum Gasteiger partial charge on any atom is -0.331 e. The Balaban J connectivity index is 1.49. The number of carbonyl (C=O) groups is 2. The van der Waals surface area contributed by atoms with E-state index in [1.807, 2.05) is 46.7 Å². The first-order valence-corrected chi connectivity index (χ1v) is 9.77. The molecule has 26 heavy (non-hydrogen) atoms. The molecule has 2 aromatic carbocycles. The highest BCUT2D eigenvalue weighted by molar-refractivity contribution is 7.07. The maximum absolute atomic E-state index is 13.2. The molecule has 0 N–H and O–H groups in total. The van der Waals surface area contributed by atoms with E-state index < -0.39 is 0 Å². The molecule has 0 atom stereocenters. The van der Waals surface area contributed by atoms with Crippen molar-refractivity contribution in [3.8, 4) is 11.1 Å². The molecule has 4 heteroatoms. The molecule has 0 aliphatic heterocycles. The predicted molar refractivity (Wildman–Crippen MR) is 103 cm³/mol. The summed E-state index contributed by atoms with van der Waals surface area (Å²) in [7, 11) is 0. The van der Waals surface area contributed by atoms with Crippen molar-refractivity contribution in [3.63, 3.8) is 0 Å². The zero-order chi connectivity index (χ0) is 17.7. The Morgan fingerprint density at radius 1 is 1.00 bits per heavy atom. The number of nitrogens with zero attached hydrogens (tertiary/aromatic N) is 1. The van der Waals surface area contributed by atoms with Crippen LogP contribution in [-0.2, 0) is 6.54 Å². The summed E-state index contributed by atoms with van der Waals surface area (Å²) in [5.74, 6) is 0.0336. The first kappa shape index (κ1) is 15.5. The van der Waals surface area contributed by atoms with Gasteiger partial charge in [0.1, 0.15) is 0 Å². The summed E-state index contributed by atoms with van der Waals surface area (Å²) in [5.41, 5.74) is 5.03. The van der Waals surface area contributed by atoms with E-state index in [0.29, 0.717) is 23.7 Å². The van der Waals surface area contributed by atoms with Gasteiger partial charge in [0.05, 0.1) is 0 Å². The van der Waals surface area contributed by atoms with Crippen LogP contribution < -0.4 is 0 Å². The Hall–Kier alpha value is -2.72. The molecule has 1 fully saturated rings. The Labute approximate surface area is 155 Å². The van der Waals surface area contributed by atoms with Gasteiger partial charge in [0.2, 0.25) is 0 Å². The lowest BCUT2D eigenvalue weighted by molar-refractivity contribution is 0.0730. The van der Waals surface area contributed by atoms with Crippen LogP contribution in [0.25, 0.3) is 11.1 Å². The first-order valence-electron chi connectivity index (χ1n) is 8.82. The molecule has 0 radical (unpaired) electrons. The normalized spacial score (nSPS) is 14.8. The van der Waals surface area contributed by atoms with Crippen LogP contribution in [0.5, 0.6) is 0 Å². The predicted octanol–water partition coefficient (Wildman–Crippen LogP) is 4.76. The molecule has 1 heterocycles. The summed E-state index contributed by atoms with van der Waals surface area (Å²) in [4.78, 5) is 27.8. The molecule has 1 aromatic heterocycles. The van der Waals surface area contributed by atoms with Crippen LogP contribution in [0.15, 0.2) is 59.3 Å². The molecule has 0 unspecified atom stereocenters. The highest BCUT2D eigenvalue weighted by Gasteiger charge is 2.34. The van der Waals surface area contributed by atoms with Crippen LogP contribution in [0.3, 0.4) is 0 Å². The van der Waals surface area contributed by atoms with Crippen LogP contribution in [-0.4, -0.2) is 22.6 Å². The molecule has 5 rings (SSSR count).